The topological polar surface area (TPSA) is 58.2 Å². The highest BCUT2D eigenvalue weighted by Crippen LogP contribution is 2.12. The van der Waals surface area contributed by atoms with E-state index in [9.17, 15) is 9.59 Å². The van der Waals surface area contributed by atoms with Crippen molar-refractivity contribution in [1.29, 1.82) is 0 Å². The number of hydrogen-bond acceptors (Lipinski definition) is 2. The highest BCUT2D eigenvalue weighted by atomic mass is 16.2. The van der Waals surface area contributed by atoms with Crippen molar-refractivity contribution in [2.75, 3.05) is 5.32 Å². The van der Waals surface area contributed by atoms with Crippen LogP contribution in [0.4, 0.5) is 5.69 Å². The molecule has 0 atom stereocenters. The number of anilines is 1. The van der Waals surface area contributed by atoms with Gasteiger partial charge < -0.3 is 10.6 Å². The van der Waals surface area contributed by atoms with Gasteiger partial charge in [0.15, 0.2) is 0 Å². The molecule has 0 spiro atoms. The van der Waals surface area contributed by atoms with E-state index in [1.807, 2.05) is 51.1 Å². The molecule has 2 aromatic rings. The Balaban J connectivity index is 2.02. The number of carbonyl (C=O) groups excluding carboxylic acids is 2. The second kappa shape index (κ2) is 7.59. The number of amides is 2. The lowest BCUT2D eigenvalue weighted by Gasteiger charge is -2.20. The van der Waals surface area contributed by atoms with E-state index < -0.39 is 0 Å². The van der Waals surface area contributed by atoms with Gasteiger partial charge in [-0.3, -0.25) is 9.59 Å². The smallest absolute Gasteiger partial charge is 0.251 e. The first-order chi connectivity index (χ1) is 11.3. The van der Waals surface area contributed by atoms with Gasteiger partial charge in [0.05, 0.1) is 0 Å². The van der Waals surface area contributed by atoms with Crippen molar-refractivity contribution in [3.8, 4) is 0 Å². The maximum atomic E-state index is 12.2. The monoisotopic (exact) mass is 322 g/mol. The Labute approximate surface area is 142 Å². The van der Waals surface area contributed by atoms with Gasteiger partial charge in [-0.15, -0.1) is 0 Å². The Kier molecular flexibility index (Phi) is 5.53. The minimum Gasteiger partial charge on any atom is -0.347 e. The summed E-state index contributed by atoms with van der Waals surface area (Å²) in [4.78, 5) is 24.2. The zero-order valence-corrected chi connectivity index (χ0v) is 14.2. The molecule has 4 heteroatoms. The van der Waals surface area contributed by atoms with Crippen LogP contribution in [0.5, 0.6) is 0 Å². The van der Waals surface area contributed by atoms with E-state index in [2.05, 4.69) is 10.6 Å². The van der Waals surface area contributed by atoms with Crippen LogP contribution in [0, 0.1) is 0 Å². The normalized spacial score (nSPS) is 11.3. The summed E-state index contributed by atoms with van der Waals surface area (Å²) in [7, 11) is 0. The number of carbonyl (C=O) groups is 2. The highest BCUT2D eigenvalue weighted by Gasteiger charge is 2.15. The fourth-order valence-electron chi connectivity index (χ4n) is 2.07. The molecule has 2 N–H and O–H groups in total. The summed E-state index contributed by atoms with van der Waals surface area (Å²) in [6.07, 6.45) is 3.21. The molecule has 0 bridgehead atoms. The molecule has 0 saturated carbocycles. The third kappa shape index (κ3) is 5.72. The molecule has 0 unspecified atom stereocenters. The van der Waals surface area contributed by atoms with E-state index in [0.29, 0.717) is 11.3 Å². The number of nitrogens with one attached hydrogen (secondary N) is 2. The van der Waals surface area contributed by atoms with Gasteiger partial charge in [-0.1, -0.05) is 36.4 Å². The van der Waals surface area contributed by atoms with Crippen LogP contribution in [-0.4, -0.2) is 17.4 Å². The van der Waals surface area contributed by atoms with Gasteiger partial charge in [0.2, 0.25) is 5.91 Å². The molecule has 4 nitrogen and oxygen atoms in total. The van der Waals surface area contributed by atoms with Gasteiger partial charge in [0, 0.05) is 22.9 Å². The summed E-state index contributed by atoms with van der Waals surface area (Å²) in [5, 5.41) is 5.66. The SMILES string of the molecule is CC(C)(C)NC(=O)c1cccc(NC(=O)C=Cc2ccccc2)c1. The van der Waals surface area contributed by atoms with Gasteiger partial charge in [0.25, 0.3) is 5.91 Å². The van der Waals surface area contributed by atoms with Crippen molar-refractivity contribution in [2.24, 2.45) is 0 Å². The third-order valence-corrected chi connectivity index (χ3v) is 3.11. The Morgan fingerprint density at radius 2 is 1.67 bits per heavy atom. The van der Waals surface area contributed by atoms with E-state index in [-0.39, 0.29) is 17.4 Å². The first-order valence-electron chi connectivity index (χ1n) is 7.80. The van der Waals surface area contributed by atoms with Crippen LogP contribution in [0.3, 0.4) is 0 Å². The lowest BCUT2D eigenvalue weighted by atomic mass is 10.1. The summed E-state index contributed by atoms with van der Waals surface area (Å²) in [6.45, 7) is 5.76. The fraction of sp³-hybridized carbons (Fsp3) is 0.200. The van der Waals surface area contributed by atoms with Crippen molar-refractivity contribution < 1.29 is 9.59 Å². The van der Waals surface area contributed by atoms with Crippen LogP contribution in [-0.2, 0) is 4.79 Å². The van der Waals surface area contributed by atoms with Gasteiger partial charge in [-0.05, 0) is 50.6 Å². The zero-order valence-electron chi connectivity index (χ0n) is 14.2. The molecule has 0 aromatic heterocycles. The van der Waals surface area contributed by atoms with Crippen molar-refractivity contribution in [3.05, 3.63) is 71.8 Å². The Morgan fingerprint density at radius 1 is 0.958 bits per heavy atom. The van der Waals surface area contributed by atoms with E-state index in [0.717, 1.165) is 5.56 Å². The van der Waals surface area contributed by atoms with Gasteiger partial charge >= 0.3 is 0 Å². The molecule has 0 heterocycles. The molecule has 0 aliphatic carbocycles. The van der Waals surface area contributed by atoms with E-state index in [1.54, 1.807) is 30.3 Å². The fourth-order valence-corrected chi connectivity index (χ4v) is 2.07. The average molecular weight is 322 g/mol. The predicted molar refractivity (Wildman–Crippen MR) is 97.8 cm³/mol. The molecule has 2 rings (SSSR count). The van der Waals surface area contributed by atoms with Crippen LogP contribution in [0.2, 0.25) is 0 Å². The molecule has 2 amide bonds. The standard InChI is InChI=1S/C20H22N2O2/c1-20(2,3)22-19(24)16-10-7-11-17(14-16)21-18(23)13-12-15-8-5-4-6-9-15/h4-14H,1-3H3,(H,21,23)(H,22,24). The van der Waals surface area contributed by atoms with E-state index in [1.165, 1.54) is 6.08 Å². The molecule has 0 saturated heterocycles. The average Bonchev–Trinajstić information content (AvgIpc) is 2.52. The van der Waals surface area contributed by atoms with Crippen molar-refractivity contribution in [1.82, 2.24) is 5.32 Å². The quantitative estimate of drug-likeness (QED) is 0.840. The molecule has 0 radical (unpaired) electrons. The second-order valence-electron chi connectivity index (χ2n) is 6.52. The number of rotatable bonds is 4. The molecule has 24 heavy (non-hydrogen) atoms. The Bertz CT molecular complexity index is 744. The Morgan fingerprint density at radius 3 is 2.33 bits per heavy atom. The maximum absolute atomic E-state index is 12.2. The molecule has 2 aromatic carbocycles. The van der Waals surface area contributed by atoms with Crippen LogP contribution < -0.4 is 10.6 Å². The minimum atomic E-state index is -0.311. The molecule has 0 fully saturated rings. The summed E-state index contributed by atoms with van der Waals surface area (Å²) in [5.74, 6) is -0.411. The van der Waals surface area contributed by atoms with Crippen LogP contribution in [0.15, 0.2) is 60.7 Å². The maximum Gasteiger partial charge on any atom is 0.251 e. The van der Waals surface area contributed by atoms with Crippen molar-refractivity contribution >= 4 is 23.6 Å². The number of benzene rings is 2. The second-order valence-corrected chi connectivity index (χ2v) is 6.52. The summed E-state index contributed by atoms with van der Waals surface area (Å²) in [6, 6.07) is 16.5. The molecule has 0 aliphatic heterocycles. The van der Waals surface area contributed by atoms with Gasteiger partial charge in [0.1, 0.15) is 0 Å². The van der Waals surface area contributed by atoms with Crippen molar-refractivity contribution in [3.63, 3.8) is 0 Å². The minimum absolute atomic E-state index is 0.168. The highest BCUT2D eigenvalue weighted by molar-refractivity contribution is 6.03. The van der Waals surface area contributed by atoms with Crippen molar-refractivity contribution in [2.45, 2.75) is 26.3 Å². The van der Waals surface area contributed by atoms with E-state index >= 15 is 0 Å². The van der Waals surface area contributed by atoms with Crippen LogP contribution >= 0.6 is 0 Å². The predicted octanol–water partition coefficient (Wildman–Crippen LogP) is 3.87. The lowest BCUT2D eigenvalue weighted by Crippen LogP contribution is -2.40. The molecular weight excluding hydrogens is 300 g/mol. The molecule has 124 valence electrons. The first-order valence-corrected chi connectivity index (χ1v) is 7.80. The van der Waals surface area contributed by atoms with Gasteiger partial charge in [-0.2, -0.15) is 0 Å². The largest absolute Gasteiger partial charge is 0.347 e. The van der Waals surface area contributed by atoms with Gasteiger partial charge in [-0.25, -0.2) is 0 Å². The Hall–Kier alpha value is -2.88. The third-order valence-electron chi connectivity index (χ3n) is 3.11. The summed E-state index contributed by atoms with van der Waals surface area (Å²) >= 11 is 0. The lowest BCUT2D eigenvalue weighted by molar-refractivity contribution is -0.111. The summed E-state index contributed by atoms with van der Waals surface area (Å²) < 4.78 is 0. The molecular formula is C20H22N2O2. The number of hydrogen-bond donors (Lipinski definition) is 2. The zero-order chi connectivity index (χ0) is 17.6. The molecule has 0 aliphatic rings. The van der Waals surface area contributed by atoms with Crippen LogP contribution in [0.25, 0.3) is 6.08 Å². The van der Waals surface area contributed by atoms with Crippen LogP contribution in [0.1, 0.15) is 36.7 Å². The van der Waals surface area contributed by atoms with E-state index in [4.69, 9.17) is 0 Å². The first kappa shape index (κ1) is 17.5. The summed E-state index contributed by atoms with van der Waals surface area (Å²) in [5.41, 5.74) is 1.73.